The number of aromatic nitrogens is 1. The lowest BCUT2D eigenvalue weighted by Crippen LogP contribution is -2.14. The minimum absolute atomic E-state index is 0.0397. The number of carbonyl (C=O) groups excluding carboxylic acids is 1. The molecule has 2 aromatic rings. The number of pyridine rings is 1. The second-order valence-corrected chi connectivity index (χ2v) is 4.08. The molecule has 0 unspecified atom stereocenters. The highest BCUT2D eigenvalue weighted by Crippen LogP contribution is 2.23. The Balaban J connectivity index is 2.37. The summed E-state index contributed by atoms with van der Waals surface area (Å²) in [4.78, 5) is 15.6. The maximum atomic E-state index is 12.1. The fourth-order valence-corrected chi connectivity index (χ4v) is 1.68. The zero-order chi connectivity index (χ0) is 13.3. The Morgan fingerprint density at radius 3 is 2.56 bits per heavy atom. The summed E-state index contributed by atoms with van der Waals surface area (Å²) in [5, 5.41) is 0.796. The van der Waals surface area contributed by atoms with Gasteiger partial charge in [0, 0.05) is 16.6 Å². The van der Waals surface area contributed by atoms with E-state index in [4.69, 9.17) is 0 Å². The Bertz CT molecular complexity index is 605. The largest absolute Gasteiger partial charge is 0.396 e. The molecular formula is C13H10F3NO. The van der Waals surface area contributed by atoms with Crippen LogP contribution in [-0.2, 0) is 0 Å². The molecule has 0 spiro atoms. The van der Waals surface area contributed by atoms with Gasteiger partial charge in [0.2, 0.25) is 0 Å². The van der Waals surface area contributed by atoms with Gasteiger partial charge < -0.3 is 0 Å². The average molecular weight is 253 g/mol. The molecule has 0 atom stereocenters. The summed E-state index contributed by atoms with van der Waals surface area (Å²) in [7, 11) is 0. The third-order valence-electron chi connectivity index (χ3n) is 2.51. The van der Waals surface area contributed by atoms with Crippen LogP contribution in [0.25, 0.3) is 10.9 Å². The summed E-state index contributed by atoms with van der Waals surface area (Å²) in [5.41, 5.74) is 1.32. The third kappa shape index (κ3) is 2.85. The maximum absolute atomic E-state index is 12.1. The number of rotatable bonds is 2. The Morgan fingerprint density at radius 1 is 1.22 bits per heavy atom. The standard InChI is InChI=1S/C13H10F3NO/c1-8-2-3-9-4-5-10(6-11(9)17-8)12(18)7-13(14,15)16/h2-6H,7H2,1H3. The van der Waals surface area contributed by atoms with Gasteiger partial charge in [-0.05, 0) is 19.1 Å². The van der Waals surface area contributed by atoms with Crippen molar-refractivity contribution in [3.05, 3.63) is 41.6 Å². The number of halogens is 3. The van der Waals surface area contributed by atoms with Crippen LogP contribution in [-0.4, -0.2) is 16.9 Å². The highest BCUT2D eigenvalue weighted by molar-refractivity contribution is 5.99. The molecule has 18 heavy (non-hydrogen) atoms. The first-order valence-corrected chi connectivity index (χ1v) is 5.32. The van der Waals surface area contributed by atoms with Gasteiger partial charge in [-0.3, -0.25) is 9.78 Å². The summed E-state index contributed by atoms with van der Waals surface area (Å²) in [5.74, 6) is -0.937. The summed E-state index contributed by atoms with van der Waals surface area (Å²) in [6, 6.07) is 8.02. The minimum atomic E-state index is -4.48. The average Bonchev–Trinajstić information content (AvgIpc) is 2.25. The number of ketones is 1. The fraction of sp³-hybridized carbons (Fsp3) is 0.231. The van der Waals surface area contributed by atoms with Gasteiger partial charge in [-0.2, -0.15) is 13.2 Å². The molecule has 2 rings (SSSR count). The van der Waals surface area contributed by atoms with Crippen LogP contribution >= 0.6 is 0 Å². The zero-order valence-corrected chi connectivity index (χ0v) is 9.58. The van der Waals surface area contributed by atoms with Gasteiger partial charge in [0.15, 0.2) is 5.78 Å². The normalized spacial score (nSPS) is 11.8. The SMILES string of the molecule is Cc1ccc2ccc(C(=O)CC(F)(F)F)cc2n1. The lowest BCUT2D eigenvalue weighted by atomic mass is 10.1. The van der Waals surface area contributed by atoms with Crippen LogP contribution in [0.15, 0.2) is 30.3 Å². The zero-order valence-electron chi connectivity index (χ0n) is 9.58. The molecular weight excluding hydrogens is 243 g/mol. The van der Waals surface area contributed by atoms with E-state index in [1.807, 2.05) is 6.07 Å². The van der Waals surface area contributed by atoms with E-state index < -0.39 is 18.4 Å². The molecule has 1 heterocycles. The minimum Gasteiger partial charge on any atom is -0.294 e. The highest BCUT2D eigenvalue weighted by Gasteiger charge is 2.31. The molecule has 0 radical (unpaired) electrons. The maximum Gasteiger partial charge on any atom is 0.396 e. The first-order valence-electron chi connectivity index (χ1n) is 5.32. The van der Waals surface area contributed by atoms with E-state index in [2.05, 4.69) is 4.98 Å². The summed E-state index contributed by atoms with van der Waals surface area (Å²) >= 11 is 0. The van der Waals surface area contributed by atoms with Crippen molar-refractivity contribution < 1.29 is 18.0 Å². The number of carbonyl (C=O) groups is 1. The lowest BCUT2D eigenvalue weighted by molar-refractivity contribution is -0.125. The smallest absolute Gasteiger partial charge is 0.294 e. The lowest BCUT2D eigenvalue weighted by Gasteiger charge is -2.06. The molecule has 94 valence electrons. The van der Waals surface area contributed by atoms with Gasteiger partial charge in [0.25, 0.3) is 0 Å². The number of fused-ring (bicyclic) bond motifs is 1. The van der Waals surface area contributed by atoms with Crippen molar-refractivity contribution in [3.63, 3.8) is 0 Å². The van der Waals surface area contributed by atoms with Gasteiger partial charge in [-0.1, -0.05) is 18.2 Å². The molecule has 0 amide bonds. The van der Waals surface area contributed by atoms with Gasteiger partial charge in [0.05, 0.1) is 5.52 Å². The molecule has 0 saturated heterocycles. The first kappa shape index (κ1) is 12.5. The van der Waals surface area contributed by atoms with Crippen LogP contribution in [0.5, 0.6) is 0 Å². The topological polar surface area (TPSA) is 30.0 Å². The van der Waals surface area contributed by atoms with E-state index in [1.165, 1.54) is 12.1 Å². The molecule has 0 aliphatic carbocycles. The number of alkyl halides is 3. The van der Waals surface area contributed by atoms with Crippen molar-refractivity contribution in [2.24, 2.45) is 0 Å². The Kier molecular flexibility index (Phi) is 3.07. The van der Waals surface area contributed by atoms with Crippen LogP contribution in [0.2, 0.25) is 0 Å². The van der Waals surface area contributed by atoms with Crippen molar-refractivity contribution >= 4 is 16.7 Å². The molecule has 5 heteroatoms. The molecule has 0 saturated carbocycles. The third-order valence-corrected chi connectivity index (χ3v) is 2.51. The van der Waals surface area contributed by atoms with Gasteiger partial charge in [0.1, 0.15) is 6.42 Å². The van der Waals surface area contributed by atoms with E-state index in [0.717, 1.165) is 11.1 Å². The van der Waals surface area contributed by atoms with Gasteiger partial charge >= 0.3 is 6.18 Å². The molecule has 0 fully saturated rings. The van der Waals surface area contributed by atoms with Crippen molar-refractivity contribution in [3.8, 4) is 0 Å². The Hall–Kier alpha value is -1.91. The monoisotopic (exact) mass is 253 g/mol. The van der Waals surface area contributed by atoms with Gasteiger partial charge in [-0.15, -0.1) is 0 Å². The summed E-state index contributed by atoms with van der Waals surface area (Å²) in [6.45, 7) is 1.78. The van der Waals surface area contributed by atoms with E-state index in [-0.39, 0.29) is 5.56 Å². The quantitative estimate of drug-likeness (QED) is 0.764. The van der Waals surface area contributed by atoms with E-state index in [0.29, 0.717) is 5.52 Å². The Morgan fingerprint density at radius 2 is 1.89 bits per heavy atom. The second-order valence-electron chi connectivity index (χ2n) is 4.08. The highest BCUT2D eigenvalue weighted by atomic mass is 19.4. The van der Waals surface area contributed by atoms with Crippen molar-refractivity contribution in [1.82, 2.24) is 4.98 Å². The molecule has 0 N–H and O–H groups in total. The van der Waals surface area contributed by atoms with Crippen LogP contribution in [0.3, 0.4) is 0 Å². The number of aryl methyl sites for hydroxylation is 1. The first-order chi connectivity index (χ1) is 8.35. The van der Waals surface area contributed by atoms with Crippen LogP contribution in [0.1, 0.15) is 22.5 Å². The fourth-order valence-electron chi connectivity index (χ4n) is 1.68. The van der Waals surface area contributed by atoms with Crippen LogP contribution in [0.4, 0.5) is 13.2 Å². The van der Waals surface area contributed by atoms with Crippen molar-refractivity contribution in [2.45, 2.75) is 19.5 Å². The summed E-state index contributed by atoms with van der Waals surface area (Å²) in [6.07, 6.45) is -5.92. The number of benzene rings is 1. The number of Topliss-reactive ketones (excluding diaryl/α,β-unsaturated/α-hetero) is 1. The summed E-state index contributed by atoms with van der Waals surface area (Å²) < 4.78 is 36.4. The predicted molar refractivity (Wildman–Crippen MR) is 61.5 cm³/mol. The number of hydrogen-bond acceptors (Lipinski definition) is 2. The molecule has 1 aromatic heterocycles. The molecule has 0 bridgehead atoms. The predicted octanol–water partition coefficient (Wildman–Crippen LogP) is 3.68. The number of hydrogen-bond donors (Lipinski definition) is 0. The van der Waals surface area contributed by atoms with Crippen LogP contribution < -0.4 is 0 Å². The van der Waals surface area contributed by atoms with E-state index >= 15 is 0 Å². The van der Waals surface area contributed by atoms with Crippen LogP contribution in [0, 0.1) is 6.92 Å². The molecule has 0 aliphatic rings. The van der Waals surface area contributed by atoms with Crippen molar-refractivity contribution in [1.29, 1.82) is 0 Å². The van der Waals surface area contributed by atoms with Crippen molar-refractivity contribution in [2.75, 3.05) is 0 Å². The second kappa shape index (κ2) is 4.40. The van der Waals surface area contributed by atoms with Gasteiger partial charge in [-0.25, -0.2) is 0 Å². The Labute approximate surface area is 101 Å². The number of nitrogens with zero attached hydrogens (tertiary/aromatic N) is 1. The van der Waals surface area contributed by atoms with E-state index in [1.54, 1.807) is 19.1 Å². The molecule has 2 nitrogen and oxygen atoms in total. The molecule has 0 aliphatic heterocycles. The molecule has 1 aromatic carbocycles. The van der Waals surface area contributed by atoms with E-state index in [9.17, 15) is 18.0 Å².